The van der Waals surface area contributed by atoms with Crippen molar-refractivity contribution in [1.82, 2.24) is 15.2 Å². The maximum absolute atomic E-state index is 12.7. The maximum Gasteiger partial charge on any atom is 0.276 e. The van der Waals surface area contributed by atoms with Crippen molar-refractivity contribution in [3.05, 3.63) is 47.2 Å². The SMILES string of the molecule is Cc1oc(CNC(=O)c2cccc(N(C)C)c2)nc1C(=O)N1CCC(C)CC1. The summed E-state index contributed by atoms with van der Waals surface area (Å²) in [7, 11) is 3.85. The molecule has 2 heterocycles. The zero-order chi connectivity index (χ0) is 20.3. The van der Waals surface area contributed by atoms with Crippen molar-refractivity contribution in [2.24, 2.45) is 5.92 Å². The van der Waals surface area contributed by atoms with Crippen LogP contribution in [0.2, 0.25) is 0 Å². The number of anilines is 1. The van der Waals surface area contributed by atoms with Crippen LogP contribution in [0.4, 0.5) is 5.69 Å². The van der Waals surface area contributed by atoms with E-state index in [0.29, 0.717) is 28.8 Å². The summed E-state index contributed by atoms with van der Waals surface area (Å²) in [6, 6.07) is 7.36. The van der Waals surface area contributed by atoms with Crippen molar-refractivity contribution in [1.29, 1.82) is 0 Å². The lowest BCUT2D eigenvalue weighted by molar-refractivity contribution is 0.0690. The van der Waals surface area contributed by atoms with Crippen molar-refractivity contribution >= 4 is 17.5 Å². The van der Waals surface area contributed by atoms with E-state index in [1.54, 1.807) is 13.0 Å². The van der Waals surface area contributed by atoms with Crippen molar-refractivity contribution in [2.45, 2.75) is 33.2 Å². The monoisotopic (exact) mass is 384 g/mol. The van der Waals surface area contributed by atoms with E-state index in [-0.39, 0.29) is 18.4 Å². The van der Waals surface area contributed by atoms with Crippen LogP contribution in [-0.2, 0) is 6.54 Å². The smallest absolute Gasteiger partial charge is 0.276 e. The number of hydrogen-bond donors (Lipinski definition) is 1. The molecule has 1 aliphatic rings. The standard InChI is InChI=1S/C21H28N4O3/c1-14-8-10-25(11-9-14)21(27)19-15(2)28-18(23-19)13-22-20(26)16-6-5-7-17(12-16)24(3)4/h5-7,12,14H,8-11,13H2,1-4H3,(H,22,26). The van der Waals surface area contributed by atoms with Crippen LogP contribution >= 0.6 is 0 Å². The predicted octanol–water partition coefficient (Wildman–Crippen LogP) is 2.85. The fourth-order valence-electron chi connectivity index (χ4n) is 3.27. The molecular weight excluding hydrogens is 356 g/mol. The quantitative estimate of drug-likeness (QED) is 0.858. The van der Waals surface area contributed by atoms with Crippen LogP contribution in [-0.4, -0.2) is 48.9 Å². The first kappa shape index (κ1) is 19.9. The molecule has 3 rings (SSSR count). The van der Waals surface area contributed by atoms with Gasteiger partial charge in [0.15, 0.2) is 5.69 Å². The number of aryl methyl sites for hydroxylation is 1. The highest BCUT2D eigenvalue weighted by Gasteiger charge is 2.26. The molecule has 1 fully saturated rings. The van der Waals surface area contributed by atoms with Gasteiger partial charge in [0, 0.05) is 38.4 Å². The molecule has 150 valence electrons. The topological polar surface area (TPSA) is 78.7 Å². The Morgan fingerprint density at radius 1 is 1.29 bits per heavy atom. The Balaban J connectivity index is 1.63. The van der Waals surface area contributed by atoms with Gasteiger partial charge in [-0.2, -0.15) is 0 Å². The molecule has 7 nitrogen and oxygen atoms in total. The predicted molar refractivity (Wildman–Crippen MR) is 107 cm³/mol. The van der Waals surface area contributed by atoms with E-state index in [2.05, 4.69) is 17.2 Å². The largest absolute Gasteiger partial charge is 0.443 e. The van der Waals surface area contributed by atoms with Crippen LogP contribution in [0.15, 0.2) is 28.7 Å². The molecule has 0 spiro atoms. The molecule has 0 bridgehead atoms. The fourth-order valence-corrected chi connectivity index (χ4v) is 3.27. The molecule has 0 saturated carbocycles. The average molecular weight is 384 g/mol. The molecule has 0 radical (unpaired) electrons. The third-order valence-corrected chi connectivity index (χ3v) is 5.14. The summed E-state index contributed by atoms with van der Waals surface area (Å²) < 4.78 is 5.61. The number of amides is 2. The zero-order valence-electron chi connectivity index (χ0n) is 17.0. The number of aromatic nitrogens is 1. The van der Waals surface area contributed by atoms with Gasteiger partial charge in [0.05, 0.1) is 6.54 Å². The summed E-state index contributed by atoms with van der Waals surface area (Å²) in [6.07, 6.45) is 2.02. The highest BCUT2D eigenvalue weighted by molar-refractivity contribution is 5.95. The summed E-state index contributed by atoms with van der Waals surface area (Å²) >= 11 is 0. The van der Waals surface area contributed by atoms with E-state index < -0.39 is 0 Å². The molecule has 0 aliphatic carbocycles. The van der Waals surface area contributed by atoms with Gasteiger partial charge in [0.2, 0.25) is 5.89 Å². The first-order valence-electron chi connectivity index (χ1n) is 9.66. The van der Waals surface area contributed by atoms with Crippen LogP contribution in [0.25, 0.3) is 0 Å². The minimum Gasteiger partial charge on any atom is -0.443 e. The number of likely N-dealkylation sites (tertiary alicyclic amines) is 1. The van der Waals surface area contributed by atoms with E-state index in [1.807, 2.05) is 42.1 Å². The van der Waals surface area contributed by atoms with E-state index >= 15 is 0 Å². The first-order valence-corrected chi connectivity index (χ1v) is 9.66. The number of hydrogen-bond acceptors (Lipinski definition) is 5. The number of rotatable bonds is 5. The van der Waals surface area contributed by atoms with E-state index in [0.717, 1.165) is 31.6 Å². The molecular formula is C21H28N4O3. The Morgan fingerprint density at radius 2 is 2.00 bits per heavy atom. The summed E-state index contributed by atoms with van der Waals surface area (Å²) in [5.41, 5.74) is 1.85. The van der Waals surface area contributed by atoms with Gasteiger partial charge in [-0.25, -0.2) is 4.98 Å². The van der Waals surface area contributed by atoms with Gasteiger partial charge in [-0.3, -0.25) is 9.59 Å². The fraction of sp³-hybridized carbons (Fsp3) is 0.476. The van der Waals surface area contributed by atoms with Crippen LogP contribution in [0, 0.1) is 12.8 Å². The van der Waals surface area contributed by atoms with Gasteiger partial charge >= 0.3 is 0 Å². The lowest BCUT2D eigenvalue weighted by Gasteiger charge is -2.29. The molecule has 1 aromatic heterocycles. The Kier molecular flexibility index (Phi) is 6.02. The van der Waals surface area contributed by atoms with Crippen molar-refractivity contribution in [3.8, 4) is 0 Å². The second-order valence-electron chi connectivity index (χ2n) is 7.61. The molecule has 1 aromatic carbocycles. The molecule has 1 saturated heterocycles. The number of nitrogens with zero attached hydrogens (tertiary/aromatic N) is 3. The first-order chi connectivity index (χ1) is 13.3. The number of piperidine rings is 1. The van der Waals surface area contributed by atoms with E-state index in [9.17, 15) is 9.59 Å². The van der Waals surface area contributed by atoms with Crippen LogP contribution in [0.3, 0.4) is 0 Å². The molecule has 2 amide bonds. The minimum absolute atomic E-state index is 0.0931. The van der Waals surface area contributed by atoms with E-state index in [1.165, 1.54) is 0 Å². The molecule has 1 N–H and O–H groups in total. The molecule has 28 heavy (non-hydrogen) atoms. The Morgan fingerprint density at radius 3 is 2.68 bits per heavy atom. The Bertz CT molecular complexity index is 851. The summed E-state index contributed by atoms with van der Waals surface area (Å²) in [5, 5.41) is 2.81. The summed E-state index contributed by atoms with van der Waals surface area (Å²) in [6.45, 7) is 5.58. The third-order valence-electron chi connectivity index (χ3n) is 5.14. The van der Waals surface area contributed by atoms with Gasteiger partial charge in [-0.1, -0.05) is 13.0 Å². The third kappa shape index (κ3) is 4.52. The number of carbonyl (C=O) groups is 2. The van der Waals surface area contributed by atoms with Crippen molar-refractivity contribution < 1.29 is 14.0 Å². The summed E-state index contributed by atoms with van der Waals surface area (Å²) in [5.74, 6) is 1.17. The zero-order valence-corrected chi connectivity index (χ0v) is 17.0. The van der Waals surface area contributed by atoms with Gasteiger partial charge < -0.3 is 19.5 Å². The highest BCUT2D eigenvalue weighted by atomic mass is 16.4. The Hall–Kier alpha value is -2.83. The second-order valence-corrected chi connectivity index (χ2v) is 7.61. The molecule has 7 heteroatoms. The number of benzene rings is 1. The number of carbonyl (C=O) groups excluding carboxylic acids is 2. The molecule has 1 aliphatic heterocycles. The van der Waals surface area contributed by atoms with Gasteiger partial charge in [-0.15, -0.1) is 0 Å². The average Bonchev–Trinajstić information content (AvgIpc) is 3.06. The number of nitrogens with one attached hydrogen (secondary N) is 1. The normalized spacial score (nSPS) is 14.8. The highest BCUT2D eigenvalue weighted by Crippen LogP contribution is 2.20. The van der Waals surface area contributed by atoms with Crippen molar-refractivity contribution in [2.75, 3.05) is 32.1 Å². The summed E-state index contributed by atoms with van der Waals surface area (Å²) in [4.78, 5) is 33.2. The lowest BCUT2D eigenvalue weighted by atomic mass is 9.99. The maximum atomic E-state index is 12.7. The van der Waals surface area contributed by atoms with Crippen LogP contribution in [0.1, 0.15) is 52.3 Å². The Labute approximate surface area is 165 Å². The van der Waals surface area contributed by atoms with Gasteiger partial charge in [0.25, 0.3) is 11.8 Å². The second kappa shape index (κ2) is 8.46. The van der Waals surface area contributed by atoms with Crippen molar-refractivity contribution in [3.63, 3.8) is 0 Å². The molecule has 2 aromatic rings. The minimum atomic E-state index is -0.211. The lowest BCUT2D eigenvalue weighted by Crippen LogP contribution is -2.38. The van der Waals surface area contributed by atoms with Crippen LogP contribution in [0.5, 0.6) is 0 Å². The molecule has 0 atom stereocenters. The van der Waals surface area contributed by atoms with Crippen LogP contribution < -0.4 is 10.2 Å². The molecule has 0 unspecified atom stereocenters. The number of oxazole rings is 1. The van der Waals surface area contributed by atoms with E-state index in [4.69, 9.17) is 4.42 Å². The van der Waals surface area contributed by atoms with Gasteiger partial charge in [-0.05, 0) is 43.9 Å². The van der Waals surface area contributed by atoms with Gasteiger partial charge in [0.1, 0.15) is 5.76 Å².